The molecule has 15 heavy (non-hydrogen) atoms. The summed E-state index contributed by atoms with van der Waals surface area (Å²) in [6.07, 6.45) is 3.54. The van der Waals surface area contributed by atoms with Gasteiger partial charge in [-0.05, 0) is 24.3 Å². The zero-order valence-electron chi connectivity index (χ0n) is 7.62. The third-order valence-electron chi connectivity index (χ3n) is 1.59. The summed E-state index contributed by atoms with van der Waals surface area (Å²) in [5.74, 6) is 0. The van der Waals surface area contributed by atoms with Crippen molar-refractivity contribution in [2.75, 3.05) is 0 Å². The summed E-state index contributed by atoms with van der Waals surface area (Å²) >= 11 is 7.00. The first-order chi connectivity index (χ1) is 7.38. The molecule has 5 heteroatoms. The topological polar surface area (TPSA) is 25.8 Å². The Hall–Kier alpha value is -0.221. The van der Waals surface area contributed by atoms with E-state index in [0.717, 1.165) is 22.7 Å². The van der Waals surface area contributed by atoms with Crippen molar-refractivity contribution >= 4 is 28.2 Å². The molecule has 0 unspecified atom stereocenters. The minimum Gasteiger partial charge on any atom is -0.255 e. The van der Waals surface area contributed by atoms with Crippen molar-refractivity contribution in [1.29, 1.82) is 0 Å². The van der Waals surface area contributed by atoms with Crippen LogP contribution in [0.25, 0.3) is 11.4 Å². The van der Waals surface area contributed by atoms with Gasteiger partial charge in [0, 0.05) is 12.4 Å². The van der Waals surface area contributed by atoms with E-state index in [9.17, 15) is 0 Å². The predicted molar refractivity (Wildman–Crippen MR) is 65.3 cm³/mol. The van der Waals surface area contributed by atoms with Crippen LogP contribution in [0.1, 0.15) is 0 Å². The summed E-state index contributed by atoms with van der Waals surface area (Å²) in [6.45, 7) is 0. The van der Waals surface area contributed by atoms with E-state index in [1.807, 2.05) is 36.4 Å². The van der Waals surface area contributed by atoms with E-state index in [1.165, 1.54) is 0 Å². The van der Waals surface area contributed by atoms with E-state index in [1.54, 1.807) is 12.4 Å². The maximum atomic E-state index is 4.19. The molecule has 2 heterocycles. The fourth-order valence-electron chi connectivity index (χ4n) is 1.03. The Morgan fingerprint density at radius 1 is 0.800 bits per heavy atom. The average Bonchev–Trinajstić information content (AvgIpc) is 2.32. The Kier molecular flexibility index (Phi) is 6.85. The molecule has 0 spiro atoms. The molecule has 0 aromatic carbocycles. The van der Waals surface area contributed by atoms with Gasteiger partial charge in [0.25, 0.3) is 0 Å². The molecular weight excluding hydrogens is 364 g/mol. The molecule has 0 saturated carbocycles. The van der Waals surface area contributed by atoms with E-state index in [-0.39, 0.29) is 0 Å². The second-order valence-electron chi connectivity index (χ2n) is 2.48. The normalized spacial score (nSPS) is 9.20. The Bertz CT molecular complexity index is 332. The molecule has 80 valence electrons. The fourth-order valence-corrected chi connectivity index (χ4v) is 1.03. The summed E-state index contributed by atoms with van der Waals surface area (Å²) in [4.78, 5) is 8.37. The van der Waals surface area contributed by atoms with Gasteiger partial charge in [0.2, 0.25) is 0 Å². The molecule has 2 rings (SSSR count). The third kappa shape index (κ3) is 4.89. The van der Waals surface area contributed by atoms with Crippen LogP contribution in [0.3, 0.4) is 0 Å². The quantitative estimate of drug-likeness (QED) is 0.712. The molecule has 0 aliphatic heterocycles. The number of aromatic nitrogens is 2. The molecule has 0 amide bonds. The Balaban J connectivity index is 0.000000337. The molecule has 0 bridgehead atoms. The van der Waals surface area contributed by atoms with E-state index < -0.39 is 0 Å². The minimum atomic E-state index is 0.875. The van der Waals surface area contributed by atoms with Crippen LogP contribution in [0.5, 0.6) is 0 Å². The van der Waals surface area contributed by atoms with E-state index in [0.29, 0.717) is 0 Å². The van der Waals surface area contributed by atoms with Gasteiger partial charge in [-0.3, -0.25) is 9.97 Å². The van der Waals surface area contributed by atoms with Crippen LogP contribution in [0.2, 0.25) is 0 Å². The van der Waals surface area contributed by atoms with Gasteiger partial charge in [0.1, 0.15) is 0 Å². The summed E-state index contributed by atoms with van der Waals surface area (Å²) in [6, 6.07) is 11.6. The van der Waals surface area contributed by atoms with Gasteiger partial charge in [-0.25, -0.2) is 0 Å². The molecule has 0 radical (unpaired) electrons. The van der Waals surface area contributed by atoms with Gasteiger partial charge >= 0.3 is 39.6 Å². The summed E-state index contributed by atoms with van der Waals surface area (Å²) in [7, 11) is 0. The van der Waals surface area contributed by atoms with E-state index >= 15 is 0 Å². The first kappa shape index (κ1) is 12.8. The van der Waals surface area contributed by atoms with E-state index in [2.05, 4.69) is 38.2 Å². The van der Waals surface area contributed by atoms with Crippen molar-refractivity contribution in [3.63, 3.8) is 0 Å². The Labute approximate surface area is 109 Å². The molecule has 0 saturated heterocycles. The van der Waals surface area contributed by atoms with Crippen molar-refractivity contribution in [2.45, 2.75) is 0 Å². The second kappa shape index (κ2) is 7.99. The number of hydrogen-bond donors (Lipinski definition) is 0. The van der Waals surface area contributed by atoms with Crippen LogP contribution in [0.4, 0.5) is 0 Å². The van der Waals surface area contributed by atoms with Crippen molar-refractivity contribution in [2.24, 2.45) is 0 Å². The average molecular weight is 372 g/mol. The Morgan fingerprint density at radius 3 is 1.47 bits per heavy atom. The Morgan fingerprint density at radius 2 is 1.20 bits per heavy atom. The molecule has 0 atom stereocenters. The summed E-state index contributed by atoms with van der Waals surface area (Å²) in [5.41, 5.74) is 1.83. The summed E-state index contributed by atoms with van der Waals surface area (Å²) in [5, 5.41) is 0. The van der Waals surface area contributed by atoms with Gasteiger partial charge in [-0.2, -0.15) is 0 Å². The van der Waals surface area contributed by atoms with Crippen molar-refractivity contribution < 1.29 is 11.3 Å². The maximum Gasteiger partial charge on any atom is 0.0886 e. The molecular formula is C10H8Br2FeN2. The third-order valence-corrected chi connectivity index (χ3v) is 1.59. The van der Waals surface area contributed by atoms with Crippen molar-refractivity contribution in [3.05, 3.63) is 48.8 Å². The largest absolute Gasteiger partial charge is 0.255 e. The smallest absolute Gasteiger partial charge is 0.0886 e. The van der Waals surface area contributed by atoms with Crippen molar-refractivity contribution in [3.8, 4) is 11.4 Å². The van der Waals surface area contributed by atoms with Crippen LogP contribution >= 0.6 is 28.2 Å². The number of halogens is 2. The predicted octanol–water partition coefficient (Wildman–Crippen LogP) is 3.83. The molecule has 2 aromatic heterocycles. The molecule has 0 aliphatic carbocycles. The van der Waals surface area contributed by atoms with Crippen LogP contribution in [-0.4, -0.2) is 9.97 Å². The minimum absolute atomic E-state index is 0.875. The van der Waals surface area contributed by atoms with Gasteiger partial charge in [0.15, 0.2) is 0 Å². The molecule has 2 nitrogen and oxygen atoms in total. The first-order valence-electron chi connectivity index (χ1n) is 4.06. The van der Waals surface area contributed by atoms with Gasteiger partial charge in [-0.15, -0.1) is 0 Å². The monoisotopic (exact) mass is 370 g/mol. The van der Waals surface area contributed by atoms with Crippen LogP contribution in [-0.2, 0) is 11.3 Å². The molecule has 2 aromatic rings. The molecule has 0 fully saturated rings. The SMILES string of the molecule is [Br][Fe][Br].c1ccc(-c2ccccn2)nc1. The zero-order valence-corrected chi connectivity index (χ0v) is 11.9. The van der Waals surface area contributed by atoms with Gasteiger partial charge < -0.3 is 0 Å². The van der Waals surface area contributed by atoms with Crippen LogP contribution < -0.4 is 0 Å². The molecule has 0 aliphatic rings. The van der Waals surface area contributed by atoms with Crippen LogP contribution in [0, 0.1) is 0 Å². The van der Waals surface area contributed by atoms with E-state index in [4.69, 9.17) is 0 Å². The van der Waals surface area contributed by atoms with Crippen LogP contribution in [0.15, 0.2) is 48.8 Å². The van der Waals surface area contributed by atoms with Crippen molar-refractivity contribution in [1.82, 2.24) is 9.97 Å². The molecule has 0 N–H and O–H groups in total. The first-order valence-corrected chi connectivity index (χ1v) is 9.52. The summed E-state index contributed by atoms with van der Waals surface area (Å²) < 4.78 is 0. The maximum absolute atomic E-state index is 4.19. The fraction of sp³-hybridized carbons (Fsp3) is 0. The number of hydrogen-bond acceptors (Lipinski definition) is 2. The standard InChI is InChI=1S/C10H8N2.2BrH.Fe/c1-3-7-11-9(5-1)10-6-2-4-8-12-10;;;/h1-8H;2*1H;/q;;;+2/p-2. The number of pyridine rings is 2. The van der Waals surface area contributed by atoms with Gasteiger partial charge in [0.05, 0.1) is 11.4 Å². The number of nitrogens with zero attached hydrogens (tertiary/aromatic N) is 2. The second-order valence-corrected chi connectivity index (χ2v) is 8.05. The van der Waals surface area contributed by atoms with Gasteiger partial charge in [-0.1, -0.05) is 12.1 Å². The zero-order chi connectivity index (χ0) is 10.9. The number of rotatable bonds is 1.